The van der Waals surface area contributed by atoms with Crippen molar-refractivity contribution in [1.82, 2.24) is 10.3 Å². The molecule has 0 unspecified atom stereocenters. The number of ether oxygens (including phenoxy) is 1. The molecule has 0 bridgehead atoms. The van der Waals surface area contributed by atoms with Crippen molar-refractivity contribution in [3.05, 3.63) is 89.2 Å². The van der Waals surface area contributed by atoms with E-state index in [4.69, 9.17) is 4.74 Å². The van der Waals surface area contributed by atoms with Crippen LogP contribution in [0.1, 0.15) is 27.2 Å². The van der Waals surface area contributed by atoms with Crippen LogP contribution in [0.25, 0.3) is 0 Å². The highest BCUT2D eigenvalue weighted by molar-refractivity contribution is 5.92. The number of hydrogen-bond acceptors (Lipinski definition) is 4. The summed E-state index contributed by atoms with van der Waals surface area (Å²) in [6, 6.07) is 19.8. The lowest BCUT2D eigenvalue weighted by Crippen LogP contribution is -2.26. The average Bonchev–Trinajstić information content (AvgIpc) is 2.73. The number of carbonyl (C=O) groups excluding carboxylic acids is 1. The largest absolute Gasteiger partial charge is 0.497 e. The van der Waals surface area contributed by atoms with Crippen LogP contribution in [0.3, 0.4) is 0 Å². The third kappa shape index (κ3) is 5.58. The molecule has 0 fully saturated rings. The van der Waals surface area contributed by atoms with Crippen LogP contribution in [0.15, 0.2) is 66.9 Å². The quantitative estimate of drug-likeness (QED) is 0.625. The number of aromatic nitrogens is 1. The fraction of sp³-hybridized carbons (Fsp3) is 0.217. The Morgan fingerprint density at radius 1 is 1.04 bits per heavy atom. The van der Waals surface area contributed by atoms with E-state index in [2.05, 4.69) is 40.7 Å². The lowest BCUT2D eigenvalue weighted by atomic mass is 10.1. The molecule has 0 saturated carbocycles. The van der Waals surface area contributed by atoms with Crippen molar-refractivity contribution < 1.29 is 9.53 Å². The predicted molar refractivity (Wildman–Crippen MR) is 112 cm³/mol. The number of carbonyl (C=O) groups is 1. The summed E-state index contributed by atoms with van der Waals surface area (Å²) in [7, 11) is 1.64. The van der Waals surface area contributed by atoms with E-state index in [0.29, 0.717) is 12.2 Å². The minimum atomic E-state index is -0.168. The standard InChI is InChI=1S/C23H25N3O2/c1-17-4-3-5-19(14-17)15-25-20-8-11-22(26-16-20)23(27)24-13-12-18-6-9-21(28-2)10-7-18/h3-11,14,16,25H,12-13,15H2,1-2H3,(H,24,27). The molecule has 0 aliphatic heterocycles. The average molecular weight is 375 g/mol. The highest BCUT2D eigenvalue weighted by Gasteiger charge is 2.07. The van der Waals surface area contributed by atoms with E-state index < -0.39 is 0 Å². The van der Waals surface area contributed by atoms with Gasteiger partial charge in [-0.15, -0.1) is 0 Å². The van der Waals surface area contributed by atoms with Crippen LogP contribution in [-0.4, -0.2) is 24.5 Å². The molecule has 3 aromatic rings. The molecular weight excluding hydrogens is 350 g/mol. The Bertz CT molecular complexity index is 906. The monoisotopic (exact) mass is 375 g/mol. The number of hydrogen-bond donors (Lipinski definition) is 2. The summed E-state index contributed by atoms with van der Waals surface area (Å²) < 4.78 is 5.14. The third-order valence-corrected chi connectivity index (χ3v) is 4.43. The molecular formula is C23H25N3O2. The van der Waals surface area contributed by atoms with Gasteiger partial charge in [0.15, 0.2) is 0 Å². The summed E-state index contributed by atoms with van der Waals surface area (Å²) in [5.74, 6) is 0.659. The highest BCUT2D eigenvalue weighted by atomic mass is 16.5. The number of aryl methyl sites for hydroxylation is 1. The minimum absolute atomic E-state index is 0.168. The van der Waals surface area contributed by atoms with Crippen LogP contribution >= 0.6 is 0 Å². The van der Waals surface area contributed by atoms with E-state index in [9.17, 15) is 4.79 Å². The van der Waals surface area contributed by atoms with Gasteiger partial charge in [0.1, 0.15) is 11.4 Å². The smallest absolute Gasteiger partial charge is 0.269 e. The molecule has 28 heavy (non-hydrogen) atoms. The number of methoxy groups -OCH3 is 1. The van der Waals surface area contributed by atoms with Crippen molar-refractivity contribution in [3.8, 4) is 5.75 Å². The number of rotatable bonds is 8. The first kappa shape index (κ1) is 19.4. The molecule has 1 amide bonds. The van der Waals surface area contributed by atoms with Gasteiger partial charge in [0.05, 0.1) is 19.0 Å². The normalized spacial score (nSPS) is 10.4. The molecule has 3 rings (SSSR count). The van der Waals surface area contributed by atoms with Gasteiger partial charge >= 0.3 is 0 Å². The molecule has 1 aromatic heterocycles. The molecule has 5 heteroatoms. The SMILES string of the molecule is COc1ccc(CCNC(=O)c2ccc(NCc3cccc(C)c3)cn2)cc1. The third-order valence-electron chi connectivity index (χ3n) is 4.43. The zero-order valence-corrected chi connectivity index (χ0v) is 16.2. The second kappa shape index (κ2) is 9.55. The van der Waals surface area contributed by atoms with Gasteiger partial charge in [-0.1, -0.05) is 42.0 Å². The maximum atomic E-state index is 12.2. The second-order valence-corrected chi connectivity index (χ2v) is 6.63. The van der Waals surface area contributed by atoms with Crippen LogP contribution in [-0.2, 0) is 13.0 Å². The fourth-order valence-corrected chi connectivity index (χ4v) is 2.86. The Labute approximate surface area is 165 Å². The molecule has 5 nitrogen and oxygen atoms in total. The molecule has 0 atom stereocenters. The highest BCUT2D eigenvalue weighted by Crippen LogP contribution is 2.12. The van der Waals surface area contributed by atoms with Gasteiger partial charge in [-0.05, 0) is 48.7 Å². The molecule has 0 saturated heterocycles. The van der Waals surface area contributed by atoms with Crippen molar-refractivity contribution in [2.45, 2.75) is 19.9 Å². The van der Waals surface area contributed by atoms with Crippen molar-refractivity contribution >= 4 is 11.6 Å². The fourth-order valence-electron chi connectivity index (χ4n) is 2.86. The Morgan fingerprint density at radius 3 is 2.54 bits per heavy atom. The number of nitrogens with one attached hydrogen (secondary N) is 2. The zero-order chi connectivity index (χ0) is 19.8. The van der Waals surface area contributed by atoms with Crippen molar-refractivity contribution in [2.24, 2.45) is 0 Å². The van der Waals surface area contributed by atoms with Gasteiger partial charge in [0, 0.05) is 13.1 Å². The first-order valence-electron chi connectivity index (χ1n) is 9.30. The van der Waals surface area contributed by atoms with Gasteiger partial charge in [-0.3, -0.25) is 4.79 Å². The van der Waals surface area contributed by atoms with Crippen LogP contribution in [0.4, 0.5) is 5.69 Å². The Hall–Kier alpha value is -3.34. The molecule has 0 aliphatic carbocycles. The zero-order valence-electron chi connectivity index (χ0n) is 16.2. The van der Waals surface area contributed by atoms with E-state index in [1.54, 1.807) is 19.4 Å². The maximum Gasteiger partial charge on any atom is 0.269 e. The van der Waals surface area contributed by atoms with E-state index in [1.165, 1.54) is 11.1 Å². The Morgan fingerprint density at radius 2 is 1.86 bits per heavy atom. The molecule has 0 spiro atoms. The lowest BCUT2D eigenvalue weighted by molar-refractivity contribution is 0.0949. The first-order valence-corrected chi connectivity index (χ1v) is 9.30. The molecule has 2 N–H and O–H groups in total. The van der Waals surface area contributed by atoms with Gasteiger partial charge in [0.25, 0.3) is 5.91 Å². The van der Waals surface area contributed by atoms with Crippen LogP contribution in [0.5, 0.6) is 5.75 Å². The summed E-state index contributed by atoms with van der Waals surface area (Å²) in [6.45, 7) is 3.35. The van der Waals surface area contributed by atoms with Crippen LogP contribution < -0.4 is 15.4 Å². The van der Waals surface area contributed by atoms with Gasteiger partial charge in [-0.2, -0.15) is 0 Å². The Kier molecular flexibility index (Phi) is 6.63. The van der Waals surface area contributed by atoms with Crippen LogP contribution in [0.2, 0.25) is 0 Å². The number of nitrogens with zero attached hydrogens (tertiary/aromatic N) is 1. The molecule has 1 heterocycles. The van der Waals surface area contributed by atoms with E-state index in [1.807, 2.05) is 36.4 Å². The van der Waals surface area contributed by atoms with Gasteiger partial charge < -0.3 is 15.4 Å². The summed E-state index contributed by atoms with van der Waals surface area (Å²) in [5.41, 5.74) is 4.89. The summed E-state index contributed by atoms with van der Waals surface area (Å²) in [4.78, 5) is 16.5. The number of amides is 1. The molecule has 0 aliphatic rings. The second-order valence-electron chi connectivity index (χ2n) is 6.63. The van der Waals surface area contributed by atoms with Crippen LogP contribution in [0, 0.1) is 6.92 Å². The number of anilines is 1. The molecule has 0 radical (unpaired) electrons. The summed E-state index contributed by atoms with van der Waals surface area (Å²) in [5, 5.41) is 6.23. The predicted octanol–water partition coefficient (Wildman–Crippen LogP) is 3.98. The van der Waals surface area contributed by atoms with Gasteiger partial charge in [0.2, 0.25) is 0 Å². The summed E-state index contributed by atoms with van der Waals surface area (Å²) in [6.07, 6.45) is 2.44. The van der Waals surface area contributed by atoms with Crippen molar-refractivity contribution in [1.29, 1.82) is 0 Å². The van der Waals surface area contributed by atoms with Gasteiger partial charge in [-0.25, -0.2) is 4.98 Å². The number of pyridine rings is 1. The van der Waals surface area contributed by atoms with E-state index >= 15 is 0 Å². The van der Waals surface area contributed by atoms with E-state index in [-0.39, 0.29) is 5.91 Å². The van der Waals surface area contributed by atoms with E-state index in [0.717, 1.165) is 30.0 Å². The topological polar surface area (TPSA) is 63.2 Å². The van der Waals surface area contributed by atoms with Crippen molar-refractivity contribution in [3.63, 3.8) is 0 Å². The first-order chi connectivity index (χ1) is 13.6. The number of benzene rings is 2. The summed E-state index contributed by atoms with van der Waals surface area (Å²) >= 11 is 0. The lowest BCUT2D eigenvalue weighted by Gasteiger charge is -2.08. The minimum Gasteiger partial charge on any atom is -0.497 e. The molecule has 2 aromatic carbocycles. The van der Waals surface area contributed by atoms with Crippen molar-refractivity contribution in [2.75, 3.05) is 19.0 Å². The maximum absolute atomic E-state index is 12.2. The molecule has 144 valence electrons. The Balaban J connectivity index is 1.46.